The van der Waals surface area contributed by atoms with E-state index < -0.39 is 12.0 Å². The Kier molecular flexibility index (Phi) is 4.15. The summed E-state index contributed by atoms with van der Waals surface area (Å²) in [6.45, 7) is 3.56. The number of hydrogen-bond acceptors (Lipinski definition) is 2. The van der Waals surface area contributed by atoms with Gasteiger partial charge in [0.25, 0.3) is 0 Å². The van der Waals surface area contributed by atoms with Gasteiger partial charge in [0, 0.05) is 13.1 Å². The van der Waals surface area contributed by atoms with Crippen molar-refractivity contribution in [3.05, 3.63) is 0 Å². The molecule has 5 nitrogen and oxygen atoms in total. The zero-order valence-corrected chi connectivity index (χ0v) is 10.1. The average molecular weight is 228 g/mol. The minimum Gasteiger partial charge on any atom is -0.480 e. The molecule has 2 N–H and O–H groups in total. The maximum absolute atomic E-state index is 11.7. The number of carboxylic acid groups (broad SMARTS) is 1. The second kappa shape index (κ2) is 5.18. The molecule has 0 aromatic rings. The van der Waals surface area contributed by atoms with Crippen LogP contribution in [0.4, 0.5) is 4.79 Å². The lowest BCUT2D eigenvalue weighted by Gasteiger charge is -2.35. The van der Waals surface area contributed by atoms with Gasteiger partial charge in [0.2, 0.25) is 0 Å². The van der Waals surface area contributed by atoms with Gasteiger partial charge < -0.3 is 15.3 Å². The van der Waals surface area contributed by atoms with Crippen molar-refractivity contribution in [2.75, 3.05) is 7.05 Å². The molecule has 0 aromatic carbocycles. The van der Waals surface area contributed by atoms with Crippen LogP contribution in [-0.4, -0.2) is 41.1 Å². The van der Waals surface area contributed by atoms with Crippen LogP contribution in [0.3, 0.4) is 0 Å². The lowest BCUT2D eigenvalue weighted by Crippen LogP contribution is -2.52. The van der Waals surface area contributed by atoms with E-state index in [2.05, 4.69) is 5.32 Å². The number of hydrogen-bond donors (Lipinski definition) is 2. The van der Waals surface area contributed by atoms with E-state index in [1.165, 1.54) is 0 Å². The molecule has 0 spiro atoms. The molecule has 0 saturated heterocycles. The monoisotopic (exact) mass is 228 g/mol. The molecule has 0 unspecified atom stereocenters. The van der Waals surface area contributed by atoms with Crippen molar-refractivity contribution < 1.29 is 14.7 Å². The maximum Gasteiger partial charge on any atom is 0.326 e. The van der Waals surface area contributed by atoms with Crippen LogP contribution < -0.4 is 5.32 Å². The molecule has 0 heterocycles. The summed E-state index contributed by atoms with van der Waals surface area (Å²) in [6.07, 6.45) is 3.18. The van der Waals surface area contributed by atoms with Crippen molar-refractivity contribution in [2.45, 2.75) is 45.2 Å². The molecule has 1 saturated carbocycles. The number of nitrogens with one attached hydrogen (secondary N) is 1. The summed E-state index contributed by atoms with van der Waals surface area (Å²) in [5, 5.41) is 11.5. The van der Waals surface area contributed by atoms with Crippen LogP contribution in [-0.2, 0) is 4.79 Å². The van der Waals surface area contributed by atoms with Crippen LogP contribution in [0.25, 0.3) is 0 Å². The highest BCUT2D eigenvalue weighted by molar-refractivity contribution is 5.82. The molecule has 1 rings (SSSR count). The van der Waals surface area contributed by atoms with E-state index in [-0.39, 0.29) is 18.0 Å². The number of carbonyl (C=O) groups excluding carboxylic acids is 1. The standard InChI is InChI=1S/C11H20N2O3/c1-7(2)9(10(14)15)12-11(16)13(3)8-5-4-6-8/h7-9H,4-6H2,1-3H3,(H,12,16)(H,14,15)/t9-/m0/s1. The van der Waals surface area contributed by atoms with Crippen molar-refractivity contribution in [3.63, 3.8) is 0 Å². The van der Waals surface area contributed by atoms with Crippen molar-refractivity contribution in [3.8, 4) is 0 Å². The van der Waals surface area contributed by atoms with Crippen molar-refractivity contribution in [1.82, 2.24) is 10.2 Å². The van der Waals surface area contributed by atoms with E-state index in [9.17, 15) is 9.59 Å². The van der Waals surface area contributed by atoms with Gasteiger partial charge in [-0.1, -0.05) is 13.8 Å². The summed E-state index contributed by atoms with van der Waals surface area (Å²) in [7, 11) is 1.72. The first-order valence-corrected chi connectivity index (χ1v) is 5.69. The molecule has 1 atom stereocenters. The van der Waals surface area contributed by atoms with Crippen LogP contribution in [0.5, 0.6) is 0 Å². The van der Waals surface area contributed by atoms with Crippen molar-refractivity contribution >= 4 is 12.0 Å². The lowest BCUT2D eigenvalue weighted by molar-refractivity contribution is -0.140. The highest BCUT2D eigenvalue weighted by atomic mass is 16.4. The normalized spacial score (nSPS) is 17.8. The predicted octanol–water partition coefficient (Wildman–Crippen LogP) is 1.29. The molecule has 2 amide bonds. The van der Waals surface area contributed by atoms with E-state index in [4.69, 9.17) is 5.11 Å². The molecule has 92 valence electrons. The Hall–Kier alpha value is -1.26. The van der Waals surface area contributed by atoms with Gasteiger partial charge in [-0.05, 0) is 25.2 Å². The molecule has 1 fully saturated rings. The zero-order valence-electron chi connectivity index (χ0n) is 10.1. The zero-order chi connectivity index (χ0) is 12.3. The fourth-order valence-electron chi connectivity index (χ4n) is 1.69. The summed E-state index contributed by atoms with van der Waals surface area (Å²) in [4.78, 5) is 24.3. The number of urea groups is 1. The average Bonchev–Trinajstić information content (AvgIpc) is 2.09. The molecule has 1 aliphatic carbocycles. The molecular weight excluding hydrogens is 208 g/mol. The Morgan fingerprint density at radius 1 is 1.38 bits per heavy atom. The maximum atomic E-state index is 11.7. The van der Waals surface area contributed by atoms with E-state index in [0.717, 1.165) is 19.3 Å². The molecule has 0 bridgehead atoms. The van der Waals surface area contributed by atoms with Crippen molar-refractivity contribution in [2.24, 2.45) is 5.92 Å². The quantitative estimate of drug-likeness (QED) is 0.761. The van der Waals surface area contributed by atoms with Crippen LogP contribution in [0.15, 0.2) is 0 Å². The molecular formula is C11H20N2O3. The van der Waals surface area contributed by atoms with Gasteiger partial charge >= 0.3 is 12.0 Å². The van der Waals surface area contributed by atoms with Crippen molar-refractivity contribution in [1.29, 1.82) is 0 Å². The van der Waals surface area contributed by atoms with Crippen LogP contribution in [0, 0.1) is 5.92 Å². The Bertz CT molecular complexity index is 274. The Labute approximate surface area is 95.8 Å². The number of rotatable bonds is 4. The number of carbonyl (C=O) groups is 2. The highest BCUT2D eigenvalue weighted by Gasteiger charge is 2.29. The molecule has 1 aliphatic rings. The first-order chi connectivity index (χ1) is 7.43. The summed E-state index contributed by atoms with van der Waals surface area (Å²) >= 11 is 0. The number of carboxylic acids is 1. The Balaban J connectivity index is 2.50. The number of aliphatic carboxylic acids is 1. The van der Waals surface area contributed by atoms with E-state index in [1.54, 1.807) is 25.8 Å². The van der Waals surface area contributed by atoms with Gasteiger partial charge in [-0.2, -0.15) is 0 Å². The van der Waals surface area contributed by atoms with E-state index in [1.807, 2.05) is 0 Å². The van der Waals surface area contributed by atoms with Crippen LogP contribution in [0.1, 0.15) is 33.1 Å². The summed E-state index contributed by atoms with van der Waals surface area (Å²) < 4.78 is 0. The fraction of sp³-hybridized carbons (Fsp3) is 0.818. The van der Waals surface area contributed by atoms with Gasteiger partial charge in [0.15, 0.2) is 0 Å². The lowest BCUT2D eigenvalue weighted by atomic mass is 9.92. The number of nitrogens with zero attached hydrogens (tertiary/aromatic N) is 1. The highest BCUT2D eigenvalue weighted by Crippen LogP contribution is 2.23. The molecule has 16 heavy (non-hydrogen) atoms. The second-order valence-corrected chi connectivity index (χ2v) is 4.71. The molecule has 5 heteroatoms. The summed E-state index contributed by atoms with van der Waals surface area (Å²) in [5.74, 6) is -1.10. The first-order valence-electron chi connectivity index (χ1n) is 5.69. The SMILES string of the molecule is CC(C)[C@H](NC(=O)N(C)C1CCC1)C(=O)O. The predicted molar refractivity (Wildman–Crippen MR) is 60.2 cm³/mol. The largest absolute Gasteiger partial charge is 0.480 e. The minimum atomic E-state index is -0.981. The Morgan fingerprint density at radius 3 is 2.25 bits per heavy atom. The van der Waals surface area contributed by atoms with Gasteiger partial charge in [-0.25, -0.2) is 9.59 Å². The van der Waals surface area contributed by atoms with E-state index >= 15 is 0 Å². The molecule has 0 radical (unpaired) electrons. The minimum absolute atomic E-state index is 0.115. The fourth-order valence-corrected chi connectivity index (χ4v) is 1.69. The topological polar surface area (TPSA) is 69.6 Å². The van der Waals surface area contributed by atoms with Gasteiger partial charge in [0.05, 0.1) is 0 Å². The first kappa shape index (κ1) is 12.8. The third-order valence-corrected chi connectivity index (χ3v) is 3.15. The molecule has 0 aliphatic heterocycles. The van der Waals surface area contributed by atoms with Gasteiger partial charge in [-0.15, -0.1) is 0 Å². The third-order valence-electron chi connectivity index (χ3n) is 3.15. The second-order valence-electron chi connectivity index (χ2n) is 4.71. The van der Waals surface area contributed by atoms with Crippen LogP contribution >= 0.6 is 0 Å². The molecule has 0 aromatic heterocycles. The van der Waals surface area contributed by atoms with Gasteiger partial charge in [0.1, 0.15) is 6.04 Å². The Morgan fingerprint density at radius 2 is 1.94 bits per heavy atom. The number of amides is 2. The summed E-state index contributed by atoms with van der Waals surface area (Å²) in [5.41, 5.74) is 0. The smallest absolute Gasteiger partial charge is 0.326 e. The van der Waals surface area contributed by atoms with Gasteiger partial charge in [-0.3, -0.25) is 0 Å². The third kappa shape index (κ3) is 2.87. The van der Waals surface area contributed by atoms with Crippen LogP contribution in [0.2, 0.25) is 0 Å². The summed E-state index contributed by atoms with van der Waals surface area (Å²) in [6, 6.07) is -0.817. The van der Waals surface area contributed by atoms with E-state index in [0.29, 0.717) is 0 Å².